The van der Waals surface area contributed by atoms with Gasteiger partial charge in [-0.3, -0.25) is 9.69 Å². The van der Waals surface area contributed by atoms with Gasteiger partial charge in [0.25, 0.3) is 5.91 Å². The average Bonchev–Trinajstić information content (AvgIpc) is 2.90. The van der Waals surface area contributed by atoms with E-state index in [0.29, 0.717) is 17.4 Å². The van der Waals surface area contributed by atoms with Gasteiger partial charge in [0.2, 0.25) is 0 Å². The van der Waals surface area contributed by atoms with E-state index >= 15 is 0 Å². The van der Waals surface area contributed by atoms with E-state index < -0.39 is 5.91 Å². The number of hydrogen-bond donors (Lipinski definition) is 2. The zero-order valence-corrected chi connectivity index (χ0v) is 10.7. The molecule has 0 saturated carbocycles. The fourth-order valence-electron chi connectivity index (χ4n) is 2.30. The number of carbonyl (C=O) groups is 1. The van der Waals surface area contributed by atoms with Gasteiger partial charge in [0, 0.05) is 18.8 Å². The summed E-state index contributed by atoms with van der Waals surface area (Å²) in [5.41, 5.74) is 5.76. The molecule has 0 spiro atoms. The summed E-state index contributed by atoms with van der Waals surface area (Å²) >= 11 is 0. The van der Waals surface area contributed by atoms with Gasteiger partial charge >= 0.3 is 0 Å². The van der Waals surface area contributed by atoms with Gasteiger partial charge in [-0.15, -0.1) is 0 Å². The van der Waals surface area contributed by atoms with Crippen molar-refractivity contribution < 1.29 is 4.79 Å². The molecule has 18 heavy (non-hydrogen) atoms. The van der Waals surface area contributed by atoms with Crippen molar-refractivity contribution in [1.29, 1.82) is 0 Å². The van der Waals surface area contributed by atoms with Gasteiger partial charge in [0.05, 0.1) is 5.56 Å². The van der Waals surface area contributed by atoms with Crippen LogP contribution in [0.15, 0.2) is 18.3 Å². The third-order valence-corrected chi connectivity index (χ3v) is 3.40. The number of rotatable bonds is 5. The molecular formula is C13H20N4O. The lowest BCUT2D eigenvalue weighted by Crippen LogP contribution is -2.36. The van der Waals surface area contributed by atoms with E-state index in [2.05, 4.69) is 22.1 Å². The fraction of sp³-hybridized carbons (Fsp3) is 0.538. The normalized spacial score (nSPS) is 17.6. The molecule has 1 aromatic rings. The predicted molar refractivity (Wildman–Crippen MR) is 71.5 cm³/mol. The molecule has 1 fully saturated rings. The monoisotopic (exact) mass is 248 g/mol. The lowest BCUT2D eigenvalue weighted by Gasteiger charge is -2.24. The van der Waals surface area contributed by atoms with E-state index in [-0.39, 0.29) is 0 Å². The summed E-state index contributed by atoms with van der Waals surface area (Å²) in [6.07, 6.45) is 4.22. The lowest BCUT2D eigenvalue weighted by molar-refractivity contribution is 0.100. The summed E-state index contributed by atoms with van der Waals surface area (Å²) in [5, 5.41) is 3.22. The number of nitrogens with one attached hydrogen (secondary N) is 1. The molecule has 2 heterocycles. The van der Waals surface area contributed by atoms with Crippen LogP contribution in [-0.2, 0) is 0 Å². The third kappa shape index (κ3) is 2.98. The minimum Gasteiger partial charge on any atom is -0.368 e. The molecule has 2 rings (SSSR count). The Morgan fingerprint density at radius 2 is 2.28 bits per heavy atom. The van der Waals surface area contributed by atoms with E-state index in [9.17, 15) is 4.79 Å². The quantitative estimate of drug-likeness (QED) is 0.818. The number of anilines is 1. The van der Waals surface area contributed by atoms with Gasteiger partial charge in [-0.2, -0.15) is 0 Å². The highest BCUT2D eigenvalue weighted by Gasteiger charge is 2.18. The van der Waals surface area contributed by atoms with Crippen LogP contribution in [0.2, 0.25) is 0 Å². The van der Waals surface area contributed by atoms with E-state index in [1.165, 1.54) is 12.8 Å². The topological polar surface area (TPSA) is 71.2 Å². The molecule has 1 amide bonds. The Kier molecular flexibility index (Phi) is 4.15. The van der Waals surface area contributed by atoms with Crippen molar-refractivity contribution in [3.63, 3.8) is 0 Å². The van der Waals surface area contributed by atoms with Gasteiger partial charge in [-0.25, -0.2) is 4.98 Å². The van der Waals surface area contributed by atoms with Crippen LogP contribution in [0, 0.1) is 0 Å². The highest BCUT2D eigenvalue weighted by Crippen LogP contribution is 2.14. The second kappa shape index (κ2) is 5.82. The van der Waals surface area contributed by atoms with Gasteiger partial charge in [-0.1, -0.05) is 0 Å². The molecular weight excluding hydrogens is 228 g/mol. The predicted octanol–water partition coefficient (Wildman–Crippen LogP) is 1.08. The molecule has 0 radical (unpaired) electrons. The largest absolute Gasteiger partial charge is 0.368 e. The van der Waals surface area contributed by atoms with Crippen molar-refractivity contribution in [3.8, 4) is 0 Å². The molecule has 5 nitrogen and oxygen atoms in total. The van der Waals surface area contributed by atoms with Gasteiger partial charge in [0.1, 0.15) is 5.82 Å². The maximum Gasteiger partial charge on any atom is 0.252 e. The minimum atomic E-state index is -0.445. The molecule has 0 aliphatic carbocycles. The van der Waals surface area contributed by atoms with E-state index in [0.717, 1.165) is 19.6 Å². The number of aromatic nitrogens is 1. The molecule has 1 aliphatic rings. The first-order valence-corrected chi connectivity index (χ1v) is 6.41. The number of nitrogens with two attached hydrogens (primary N) is 1. The first-order valence-electron chi connectivity index (χ1n) is 6.41. The summed E-state index contributed by atoms with van der Waals surface area (Å²) in [6.45, 7) is 5.28. The highest BCUT2D eigenvalue weighted by atomic mass is 16.1. The number of amides is 1. The summed E-state index contributed by atoms with van der Waals surface area (Å²) in [7, 11) is 0. The van der Waals surface area contributed by atoms with Crippen LogP contribution in [0.5, 0.6) is 0 Å². The number of likely N-dealkylation sites (tertiary alicyclic amines) is 1. The molecule has 0 bridgehead atoms. The van der Waals surface area contributed by atoms with Crippen molar-refractivity contribution in [2.24, 2.45) is 5.73 Å². The first kappa shape index (κ1) is 12.8. The summed E-state index contributed by atoms with van der Waals surface area (Å²) < 4.78 is 0. The standard InChI is InChI=1S/C13H20N4O/c1-10(17-7-2-3-8-17)9-16-13-11(12(14)18)5-4-6-15-13/h4-6,10H,2-3,7-9H2,1H3,(H2,14,18)(H,15,16). The molecule has 1 atom stereocenters. The third-order valence-electron chi connectivity index (χ3n) is 3.40. The average molecular weight is 248 g/mol. The number of primary amides is 1. The van der Waals surface area contributed by atoms with Crippen LogP contribution in [0.25, 0.3) is 0 Å². The van der Waals surface area contributed by atoms with E-state index in [1.54, 1.807) is 18.3 Å². The van der Waals surface area contributed by atoms with Crippen LogP contribution in [0.4, 0.5) is 5.82 Å². The highest BCUT2D eigenvalue weighted by molar-refractivity contribution is 5.97. The van der Waals surface area contributed by atoms with Crippen LogP contribution in [-0.4, -0.2) is 41.5 Å². The molecule has 0 aromatic carbocycles. The first-order chi connectivity index (χ1) is 8.68. The maximum absolute atomic E-state index is 11.3. The van der Waals surface area contributed by atoms with Gasteiger partial charge < -0.3 is 11.1 Å². The zero-order valence-electron chi connectivity index (χ0n) is 10.7. The fourth-order valence-corrected chi connectivity index (χ4v) is 2.30. The number of hydrogen-bond acceptors (Lipinski definition) is 4. The Morgan fingerprint density at radius 1 is 1.56 bits per heavy atom. The Labute approximate surface area is 107 Å². The molecule has 98 valence electrons. The molecule has 1 aromatic heterocycles. The van der Waals surface area contributed by atoms with E-state index in [1.807, 2.05) is 0 Å². The molecule has 1 saturated heterocycles. The van der Waals surface area contributed by atoms with Crippen molar-refractivity contribution in [3.05, 3.63) is 23.9 Å². The number of carbonyl (C=O) groups excluding carboxylic acids is 1. The van der Waals surface area contributed by atoms with E-state index in [4.69, 9.17) is 5.73 Å². The second-order valence-corrected chi connectivity index (χ2v) is 4.74. The number of nitrogens with zero attached hydrogens (tertiary/aromatic N) is 2. The second-order valence-electron chi connectivity index (χ2n) is 4.74. The van der Waals surface area contributed by atoms with Crippen LogP contribution >= 0.6 is 0 Å². The zero-order chi connectivity index (χ0) is 13.0. The van der Waals surface area contributed by atoms with Crippen LogP contribution in [0.3, 0.4) is 0 Å². The molecule has 3 N–H and O–H groups in total. The number of pyridine rings is 1. The van der Waals surface area contributed by atoms with Gasteiger partial charge in [0.15, 0.2) is 0 Å². The minimum absolute atomic E-state index is 0.440. The summed E-state index contributed by atoms with van der Waals surface area (Å²) in [5.74, 6) is 0.135. The van der Waals surface area contributed by atoms with Crippen LogP contribution < -0.4 is 11.1 Å². The van der Waals surface area contributed by atoms with Crippen LogP contribution in [0.1, 0.15) is 30.1 Å². The lowest BCUT2D eigenvalue weighted by atomic mass is 10.2. The molecule has 1 aliphatic heterocycles. The molecule has 1 unspecified atom stereocenters. The van der Waals surface area contributed by atoms with Crippen molar-refractivity contribution >= 4 is 11.7 Å². The van der Waals surface area contributed by atoms with Crippen molar-refractivity contribution in [2.75, 3.05) is 25.0 Å². The molecule has 5 heteroatoms. The Morgan fingerprint density at radius 3 is 2.94 bits per heavy atom. The Balaban J connectivity index is 1.95. The van der Waals surface area contributed by atoms with Gasteiger partial charge in [-0.05, 0) is 45.0 Å². The maximum atomic E-state index is 11.3. The van der Waals surface area contributed by atoms with Crippen molar-refractivity contribution in [2.45, 2.75) is 25.8 Å². The summed E-state index contributed by atoms with van der Waals surface area (Å²) in [6, 6.07) is 3.85. The Bertz CT molecular complexity index is 415. The smallest absolute Gasteiger partial charge is 0.252 e. The van der Waals surface area contributed by atoms with Crippen molar-refractivity contribution in [1.82, 2.24) is 9.88 Å². The Hall–Kier alpha value is -1.62. The SMILES string of the molecule is CC(CNc1ncccc1C(N)=O)N1CCCC1. The summed E-state index contributed by atoms with van der Waals surface area (Å²) in [4.78, 5) is 17.9.